The first-order valence-electron chi connectivity index (χ1n) is 9.59. The maximum Gasteiger partial charge on any atom is 0.191 e. The molecule has 6 nitrogen and oxygen atoms in total. The van der Waals surface area contributed by atoms with Gasteiger partial charge in [0.1, 0.15) is 5.82 Å². The van der Waals surface area contributed by atoms with E-state index in [9.17, 15) is 0 Å². The molecule has 1 aromatic carbocycles. The Hall–Kier alpha value is -2.38. The molecule has 1 aliphatic rings. The highest BCUT2D eigenvalue weighted by atomic mass is 32.2. The van der Waals surface area contributed by atoms with E-state index in [4.69, 9.17) is 19.7 Å². The van der Waals surface area contributed by atoms with Crippen molar-refractivity contribution in [3.8, 4) is 0 Å². The van der Waals surface area contributed by atoms with Gasteiger partial charge in [0.25, 0.3) is 0 Å². The number of hydrogen-bond donors (Lipinski definition) is 0. The van der Waals surface area contributed by atoms with E-state index in [0.29, 0.717) is 0 Å². The van der Waals surface area contributed by atoms with Crippen LogP contribution in [0.15, 0.2) is 36.0 Å². The minimum Gasteiger partial charge on any atom is -0.378 e. The molecular weight excluding hydrogens is 370 g/mol. The molecule has 0 amide bonds. The van der Waals surface area contributed by atoms with Gasteiger partial charge < -0.3 is 14.2 Å². The number of hydrogen-bond acceptors (Lipinski definition) is 6. The lowest BCUT2D eigenvalue weighted by molar-refractivity contribution is 0.122. The fraction of sp³-hybridized carbons (Fsp3) is 0.381. The van der Waals surface area contributed by atoms with Crippen LogP contribution in [0.4, 0.5) is 5.82 Å². The predicted octanol–water partition coefficient (Wildman–Crippen LogP) is 3.70. The second-order valence-corrected chi connectivity index (χ2v) is 7.72. The summed E-state index contributed by atoms with van der Waals surface area (Å²) in [7, 11) is 2.03. The van der Waals surface area contributed by atoms with Crippen molar-refractivity contribution < 1.29 is 4.74 Å². The number of anilines is 1. The fourth-order valence-corrected chi connectivity index (χ4v) is 4.14. The lowest BCUT2D eigenvalue weighted by Gasteiger charge is -2.28. The summed E-state index contributed by atoms with van der Waals surface area (Å²) < 4.78 is 7.60. The second kappa shape index (κ2) is 8.32. The number of thioether (sulfide) groups is 1. The molecular formula is C21H25N5OS. The first-order chi connectivity index (χ1) is 13.7. The van der Waals surface area contributed by atoms with Crippen molar-refractivity contribution in [2.45, 2.75) is 24.3 Å². The van der Waals surface area contributed by atoms with E-state index in [1.54, 1.807) is 11.8 Å². The summed E-state index contributed by atoms with van der Waals surface area (Å²) in [4.78, 5) is 16.8. The molecule has 0 aliphatic carbocycles. The monoisotopic (exact) mass is 395 g/mol. The summed E-state index contributed by atoms with van der Waals surface area (Å²) >= 11 is 1.66. The molecule has 28 heavy (non-hydrogen) atoms. The predicted molar refractivity (Wildman–Crippen MR) is 115 cm³/mol. The average molecular weight is 396 g/mol. The van der Waals surface area contributed by atoms with Crippen molar-refractivity contribution >= 4 is 34.8 Å². The molecule has 0 unspecified atom stereocenters. The quantitative estimate of drug-likeness (QED) is 0.469. The molecule has 1 saturated heterocycles. The lowest BCUT2D eigenvalue weighted by atomic mass is 10.1. The minimum absolute atomic E-state index is 0.719. The Bertz CT molecular complexity index is 977. The number of fused-ring (bicyclic) bond motifs is 1. The normalized spacial score (nSPS) is 14.6. The van der Waals surface area contributed by atoms with Gasteiger partial charge in [-0.3, -0.25) is 0 Å². The zero-order chi connectivity index (χ0) is 19.5. The molecule has 2 aromatic heterocycles. The second-order valence-electron chi connectivity index (χ2n) is 6.78. The molecule has 7 heteroatoms. The Kier molecular flexibility index (Phi) is 5.64. The van der Waals surface area contributed by atoms with Crippen LogP contribution < -0.4 is 4.90 Å². The smallest absolute Gasteiger partial charge is 0.191 e. The standard InChI is InChI=1S/C21H25N5OS/c1-4-15-6-8-16(9-7-15)14-28-21-23-19-18(22-17(5-2)25(19)3)20(24-21)26-10-12-27-13-11-26/h4,6-9H,1,5,10-14H2,2-3H3. The Labute approximate surface area is 169 Å². The van der Waals surface area contributed by atoms with Crippen LogP contribution in [0.5, 0.6) is 0 Å². The average Bonchev–Trinajstić information content (AvgIpc) is 3.08. The summed E-state index contributed by atoms with van der Waals surface area (Å²) in [6.45, 7) is 9.02. The Morgan fingerprint density at radius 2 is 1.89 bits per heavy atom. The lowest BCUT2D eigenvalue weighted by Crippen LogP contribution is -2.37. The molecule has 146 valence electrons. The van der Waals surface area contributed by atoms with Crippen molar-refractivity contribution in [2.75, 3.05) is 31.2 Å². The highest BCUT2D eigenvalue weighted by Crippen LogP contribution is 2.29. The highest BCUT2D eigenvalue weighted by Gasteiger charge is 2.21. The molecule has 4 rings (SSSR count). The first kappa shape index (κ1) is 19.0. The van der Waals surface area contributed by atoms with E-state index < -0.39 is 0 Å². The molecule has 1 aliphatic heterocycles. The minimum atomic E-state index is 0.719. The van der Waals surface area contributed by atoms with Gasteiger partial charge >= 0.3 is 0 Å². The molecule has 0 radical (unpaired) electrons. The molecule has 1 fully saturated rings. The largest absolute Gasteiger partial charge is 0.378 e. The van der Waals surface area contributed by atoms with E-state index in [2.05, 4.69) is 47.2 Å². The number of imidazole rings is 1. The van der Waals surface area contributed by atoms with Gasteiger partial charge in [0.15, 0.2) is 22.1 Å². The fourth-order valence-electron chi connectivity index (χ4n) is 3.35. The highest BCUT2D eigenvalue weighted by molar-refractivity contribution is 7.98. The molecule has 3 aromatic rings. The van der Waals surface area contributed by atoms with Crippen molar-refractivity contribution in [2.24, 2.45) is 7.05 Å². The molecule has 3 heterocycles. The van der Waals surface area contributed by atoms with Crippen LogP contribution in [0.3, 0.4) is 0 Å². The Balaban J connectivity index is 1.66. The van der Waals surface area contributed by atoms with E-state index >= 15 is 0 Å². The number of rotatable bonds is 6. The van der Waals surface area contributed by atoms with Crippen molar-refractivity contribution in [1.82, 2.24) is 19.5 Å². The molecule has 0 bridgehead atoms. The maximum absolute atomic E-state index is 5.51. The number of aromatic nitrogens is 4. The van der Waals surface area contributed by atoms with Gasteiger partial charge in [-0.05, 0) is 11.1 Å². The summed E-state index contributed by atoms with van der Waals surface area (Å²) in [5.41, 5.74) is 4.16. The Morgan fingerprint density at radius 3 is 2.57 bits per heavy atom. The molecule has 0 spiro atoms. The number of morpholine rings is 1. The molecule has 0 N–H and O–H groups in total. The third-order valence-corrected chi connectivity index (χ3v) is 5.90. The van der Waals surface area contributed by atoms with E-state index in [-0.39, 0.29) is 0 Å². The van der Waals surface area contributed by atoms with E-state index in [0.717, 1.165) is 72.0 Å². The van der Waals surface area contributed by atoms with Crippen molar-refractivity contribution in [3.63, 3.8) is 0 Å². The number of aryl methyl sites for hydroxylation is 2. The Morgan fingerprint density at radius 1 is 1.14 bits per heavy atom. The third-order valence-electron chi connectivity index (χ3n) is 4.98. The SMILES string of the molecule is C=Cc1ccc(CSc2nc(N3CCOCC3)c3nc(CC)n(C)c3n2)cc1. The van der Waals surface area contributed by atoms with E-state index in [1.165, 1.54) is 5.56 Å². The van der Waals surface area contributed by atoms with Gasteiger partial charge in [0, 0.05) is 32.3 Å². The summed E-state index contributed by atoms with van der Waals surface area (Å²) in [5.74, 6) is 2.78. The van der Waals surface area contributed by atoms with Crippen molar-refractivity contribution in [3.05, 3.63) is 47.8 Å². The van der Waals surface area contributed by atoms with Gasteiger partial charge in [-0.15, -0.1) is 0 Å². The van der Waals surface area contributed by atoms with E-state index in [1.807, 2.05) is 13.1 Å². The third kappa shape index (κ3) is 3.77. The topological polar surface area (TPSA) is 56.1 Å². The zero-order valence-electron chi connectivity index (χ0n) is 16.4. The number of ether oxygens (including phenoxy) is 1. The van der Waals surface area contributed by atoms with Gasteiger partial charge in [-0.25, -0.2) is 15.0 Å². The van der Waals surface area contributed by atoms with Crippen LogP contribution in [0.25, 0.3) is 17.2 Å². The summed E-state index contributed by atoms with van der Waals surface area (Å²) in [5, 5.41) is 0.785. The summed E-state index contributed by atoms with van der Waals surface area (Å²) in [6.07, 6.45) is 2.73. The van der Waals surface area contributed by atoms with Crippen LogP contribution >= 0.6 is 11.8 Å². The molecule has 0 atom stereocenters. The van der Waals surface area contributed by atoms with Gasteiger partial charge in [0.2, 0.25) is 0 Å². The zero-order valence-corrected chi connectivity index (χ0v) is 17.2. The number of benzene rings is 1. The van der Waals surface area contributed by atoms with Gasteiger partial charge in [-0.1, -0.05) is 55.6 Å². The molecule has 0 saturated carbocycles. The maximum atomic E-state index is 5.51. The van der Waals surface area contributed by atoms with Crippen molar-refractivity contribution in [1.29, 1.82) is 0 Å². The summed E-state index contributed by atoms with van der Waals surface area (Å²) in [6, 6.07) is 8.43. The van der Waals surface area contributed by atoms with Crippen LogP contribution in [0.2, 0.25) is 0 Å². The van der Waals surface area contributed by atoms with Gasteiger partial charge in [0.05, 0.1) is 13.2 Å². The van der Waals surface area contributed by atoms with Crippen LogP contribution in [0, 0.1) is 0 Å². The number of nitrogens with zero attached hydrogens (tertiary/aromatic N) is 5. The van der Waals surface area contributed by atoms with Crippen LogP contribution in [-0.2, 0) is 24.0 Å². The van der Waals surface area contributed by atoms with Crippen LogP contribution in [0.1, 0.15) is 23.9 Å². The first-order valence-corrected chi connectivity index (χ1v) is 10.6. The van der Waals surface area contributed by atoms with Crippen LogP contribution in [-0.4, -0.2) is 45.8 Å². The van der Waals surface area contributed by atoms with Gasteiger partial charge in [-0.2, -0.15) is 0 Å².